The van der Waals surface area contributed by atoms with Gasteiger partial charge in [-0.05, 0) is 129 Å². The van der Waals surface area contributed by atoms with Crippen LogP contribution in [0.5, 0.6) is 0 Å². The minimum atomic E-state index is -0.573. The van der Waals surface area contributed by atoms with Crippen molar-refractivity contribution in [2.45, 2.75) is 92.4 Å². The average molecular weight is 1040 g/mol. The molecule has 0 spiro atoms. The van der Waals surface area contributed by atoms with Gasteiger partial charge in [0.1, 0.15) is 6.61 Å². The maximum Gasteiger partial charge on any atom is 0.338 e. The number of rotatable bonds is 40. The van der Waals surface area contributed by atoms with Crippen molar-refractivity contribution in [1.82, 2.24) is 0 Å². The second kappa shape index (κ2) is 37.9. The van der Waals surface area contributed by atoms with E-state index in [1.54, 1.807) is 48.5 Å². The van der Waals surface area contributed by atoms with Gasteiger partial charge in [-0.25, -0.2) is 28.8 Å². The lowest BCUT2D eigenvalue weighted by atomic mass is 9.99. The Morgan fingerprint density at radius 1 is 0.338 bits per heavy atom. The Morgan fingerprint density at radius 2 is 0.541 bits per heavy atom. The number of hydrogen-bond donors (Lipinski definition) is 1. The fourth-order valence-electron chi connectivity index (χ4n) is 6.97. The first-order valence-electron chi connectivity index (χ1n) is 26.1. The molecule has 17 heteroatoms. The molecule has 1 N–H and O–H groups in total. The second-order valence-electron chi connectivity index (χ2n) is 18.6. The van der Waals surface area contributed by atoms with Gasteiger partial charge >= 0.3 is 35.8 Å². The van der Waals surface area contributed by atoms with E-state index in [4.69, 9.17) is 52.5 Å². The third-order valence-corrected chi connectivity index (χ3v) is 11.4. The van der Waals surface area contributed by atoms with Gasteiger partial charge in [0.2, 0.25) is 0 Å². The number of aliphatic hydroxyl groups is 1. The average Bonchev–Trinajstić information content (AvgIpc) is 3.41. The number of aliphatic hydroxyl groups excluding tert-OH is 1. The zero-order valence-electron chi connectivity index (χ0n) is 44.2. The Hall–Kier alpha value is -5.72. The third kappa shape index (κ3) is 27.0. The second-order valence-corrected chi connectivity index (χ2v) is 18.6. The summed E-state index contributed by atoms with van der Waals surface area (Å²) >= 11 is 0. The topological polar surface area (TPSA) is 215 Å². The first-order valence-corrected chi connectivity index (χ1v) is 26.1. The third-order valence-electron chi connectivity index (χ3n) is 11.4. The molecule has 0 radical (unpaired) electrons. The van der Waals surface area contributed by atoms with E-state index in [9.17, 15) is 28.8 Å². The normalized spacial score (nSPS) is 12.7. The van der Waals surface area contributed by atoms with Crippen molar-refractivity contribution in [3.05, 3.63) is 106 Å². The minimum Gasteiger partial charge on any atom is -0.462 e. The highest BCUT2D eigenvalue weighted by Gasteiger charge is 2.15. The van der Waals surface area contributed by atoms with Gasteiger partial charge in [0.15, 0.2) is 0 Å². The van der Waals surface area contributed by atoms with Crippen molar-refractivity contribution in [2.24, 2.45) is 23.7 Å². The summed E-state index contributed by atoms with van der Waals surface area (Å²) in [6.07, 6.45) is 6.91. The minimum absolute atomic E-state index is 0.0914. The molecular formula is C57H80O17. The van der Waals surface area contributed by atoms with Crippen LogP contribution >= 0.6 is 0 Å². The smallest absolute Gasteiger partial charge is 0.338 e. The molecule has 17 nitrogen and oxygen atoms in total. The van der Waals surface area contributed by atoms with E-state index >= 15 is 0 Å². The standard InChI is InChI=1S/C57H80O17/c1-6-28-69-52(59)46-15-17-47(18-16-46)53(60)70-33-7-29-65-38-42(2)11-12-43(3)39-66-30-8-34-71-54(61)48-19-21-49(22-20-48)55(62)72-35-9-31-67-40-44(4)13-14-45(5)41-68-32-10-36-73-56(63)50-23-25-51(26-24-50)57(64)74-37-27-58/h15-26,42-45,58H,6-14,27-41H2,1-5H3. The molecule has 0 heterocycles. The van der Waals surface area contributed by atoms with Crippen LogP contribution in [-0.4, -0.2) is 140 Å². The molecular weight excluding hydrogens is 957 g/mol. The van der Waals surface area contributed by atoms with Crippen LogP contribution in [-0.2, 0) is 47.4 Å². The molecule has 0 aromatic heterocycles. The molecule has 0 aliphatic carbocycles. The summed E-state index contributed by atoms with van der Waals surface area (Å²) in [5.74, 6) is -1.45. The van der Waals surface area contributed by atoms with Crippen molar-refractivity contribution < 1.29 is 81.2 Å². The highest BCUT2D eigenvalue weighted by molar-refractivity contribution is 5.95. The Bertz CT molecular complexity index is 1910. The Kier molecular flexibility index (Phi) is 32.1. The number of ether oxygens (including phenoxy) is 10. The van der Waals surface area contributed by atoms with Gasteiger partial charge in [-0.2, -0.15) is 0 Å². The lowest BCUT2D eigenvalue weighted by Gasteiger charge is -2.16. The largest absolute Gasteiger partial charge is 0.462 e. The maximum absolute atomic E-state index is 12.6. The summed E-state index contributed by atoms with van der Waals surface area (Å²) in [7, 11) is 0. The molecule has 0 saturated carbocycles. The fraction of sp³-hybridized carbons (Fsp3) is 0.579. The fourth-order valence-corrected chi connectivity index (χ4v) is 6.97. The van der Waals surface area contributed by atoms with Crippen LogP contribution in [0.2, 0.25) is 0 Å². The highest BCUT2D eigenvalue weighted by Crippen LogP contribution is 2.16. The van der Waals surface area contributed by atoms with E-state index in [0.29, 0.717) is 137 Å². The van der Waals surface area contributed by atoms with E-state index < -0.39 is 35.8 Å². The zero-order valence-corrected chi connectivity index (χ0v) is 44.2. The monoisotopic (exact) mass is 1040 g/mol. The molecule has 410 valence electrons. The van der Waals surface area contributed by atoms with Gasteiger partial charge < -0.3 is 52.5 Å². The molecule has 0 bridgehead atoms. The lowest BCUT2D eigenvalue weighted by Crippen LogP contribution is -2.14. The summed E-state index contributed by atoms with van der Waals surface area (Å²) in [6.45, 7) is 15.6. The molecule has 4 unspecified atom stereocenters. The van der Waals surface area contributed by atoms with Gasteiger partial charge in [-0.15, -0.1) is 0 Å². The van der Waals surface area contributed by atoms with Crippen molar-refractivity contribution in [1.29, 1.82) is 0 Å². The molecule has 0 aliphatic rings. The van der Waals surface area contributed by atoms with Crippen molar-refractivity contribution in [3.63, 3.8) is 0 Å². The first-order chi connectivity index (χ1) is 35.8. The van der Waals surface area contributed by atoms with Gasteiger partial charge in [0, 0.05) is 78.5 Å². The number of benzene rings is 3. The molecule has 3 rings (SSSR count). The SMILES string of the molecule is CCCOC(=O)c1ccc(C(=O)OCCCOCC(C)CCC(C)COCCCOC(=O)c2ccc(C(=O)OCCCOCC(C)CCC(C)COCCCOC(=O)c3ccc(C(=O)OCCO)cc3)cc2)cc1. The van der Waals surface area contributed by atoms with Crippen LogP contribution in [0.25, 0.3) is 0 Å². The zero-order chi connectivity index (χ0) is 53.8. The Morgan fingerprint density at radius 3 is 0.743 bits per heavy atom. The van der Waals surface area contributed by atoms with Crippen LogP contribution in [0.1, 0.15) is 155 Å². The first kappa shape index (κ1) is 62.6. The summed E-state index contributed by atoms with van der Waals surface area (Å²) in [5.41, 5.74) is 2.05. The van der Waals surface area contributed by atoms with E-state index in [0.717, 1.165) is 32.1 Å². The van der Waals surface area contributed by atoms with Crippen LogP contribution < -0.4 is 0 Å². The predicted octanol–water partition coefficient (Wildman–Crippen LogP) is 9.16. The van der Waals surface area contributed by atoms with E-state index in [2.05, 4.69) is 27.7 Å². The lowest BCUT2D eigenvalue weighted by molar-refractivity contribution is 0.0388. The van der Waals surface area contributed by atoms with Gasteiger partial charge in [0.05, 0.1) is 73.0 Å². The molecule has 0 fully saturated rings. The summed E-state index contributed by atoms with van der Waals surface area (Å²) in [4.78, 5) is 73.5. The predicted molar refractivity (Wildman–Crippen MR) is 275 cm³/mol. The Balaban J connectivity index is 1.10. The molecule has 0 saturated heterocycles. The summed E-state index contributed by atoms with van der Waals surface area (Å²) in [6, 6.07) is 18.4. The van der Waals surface area contributed by atoms with Crippen LogP contribution in [0.15, 0.2) is 72.8 Å². The van der Waals surface area contributed by atoms with Crippen LogP contribution in [0.3, 0.4) is 0 Å². The van der Waals surface area contributed by atoms with Crippen molar-refractivity contribution in [2.75, 3.05) is 99.1 Å². The van der Waals surface area contributed by atoms with E-state index in [1.807, 2.05) is 6.92 Å². The molecule has 3 aromatic carbocycles. The van der Waals surface area contributed by atoms with Crippen molar-refractivity contribution >= 4 is 35.8 Å². The van der Waals surface area contributed by atoms with Gasteiger partial charge in [-0.1, -0.05) is 34.6 Å². The number of esters is 6. The van der Waals surface area contributed by atoms with Crippen LogP contribution in [0, 0.1) is 23.7 Å². The number of carbonyl (C=O) groups is 6. The number of carbonyl (C=O) groups excluding carboxylic acids is 6. The Labute approximate surface area is 437 Å². The molecule has 3 aromatic rings. The van der Waals surface area contributed by atoms with Gasteiger partial charge in [0.25, 0.3) is 0 Å². The maximum atomic E-state index is 12.6. The quantitative estimate of drug-likeness (QED) is 0.0319. The summed E-state index contributed by atoms with van der Waals surface area (Å²) in [5, 5.41) is 8.77. The molecule has 0 amide bonds. The van der Waals surface area contributed by atoms with E-state index in [1.165, 1.54) is 24.3 Å². The van der Waals surface area contributed by atoms with Gasteiger partial charge in [-0.3, -0.25) is 0 Å². The van der Waals surface area contributed by atoms with E-state index in [-0.39, 0.29) is 45.2 Å². The molecule has 0 aliphatic heterocycles. The molecule has 74 heavy (non-hydrogen) atoms. The van der Waals surface area contributed by atoms with Crippen LogP contribution in [0.4, 0.5) is 0 Å². The number of hydrogen-bond acceptors (Lipinski definition) is 17. The molecule has 4 atom stereocenters. The summed E-state index contributed by atoms with van der Waals surface area (Å²) < 4.78 is 54.6. The highest BCUT2D eigenvalue weighted by atomic mass is 16.6. The van der Waals surface area contributed by atoms with Crippen molar-refractivity contribution in [3.8, 4) is 0 Å².